The van der Waals surface area contributed by atoms with Crippen molar-refractivity contribution in [2.24, 2.45) is 5.73 Å². The Labute approximate surface area is 153 Å². The molecule has 0 unspecified atom stereocenters. The number of anilines is 1. The second-order valence-electron chi connectivity index (χ2n) is 5.42. The zero-order valence-corrected chi connectivity index (χ0v) is 15.0. The predicted octanol–water partition coefficient (Wildman–Crippen LogP) is 2.20. The summed E-state index contributed by atoms with van der Waals surface area (Å²) in [5.41, 5.74) is 6.80. The first-order valence-electron chi connectivity index (χ1n) is 7.74. The van der Waals surface area contributed by atoms with Crippen molar-refractivity contribution in [2.45, 2.75) is 6.04 Å². The van der Waals surface area contributed by atoms with Gasteiger partial charge in [0.25, 0.3) is 11.8 Å². The van der Waals surface area contributed by atoms with Crippen molar-refractivity contribution >= 4 is 39.5 Å². The monoisotopic (exact) mass is 372 g/mol. The van der Waals surface area contributed by atoms with Crippen molar-refractivity contribution in [1.82, 2.24) is 0 Å². The van der Waals surface area contributed by atoms with Gasteiger partial charge >= 0.3 is 0 Å². The predicted molar refractivity (Wildman–Crippen MR) is 101 cm³/mol. The summed E-state index contributed by atoms with van der Waals surface area (Å²) in [6, 6.07) is 15.8. The van der Waals surface area contributed by atoms with Crippen LogP contribution in [0.15, 0.2) is 59.3 Å². The van der Waals surface area contributed by atoms with E-state index >= 15 is 0 Å². The van der Waals surface area contributed by atoms with Crippen molar-refractivity contribution in [3.8, 4) is 0 Å². The number of benzene rings is 1. The number of amides is 2. The van der Waals surface area contributed by atoms with Gasteiger partial charge in [-0.25, -0.2) is 0 Å². The van der Waals surface area contributed by atoms with Crippen LogP contribution in [0.3, 0.4) is 0 Å². The molecule has 25 heavy (non-hydrogen) atoms. The van der Waals surface area contributed by atoms with Gasteiger partial charge in [0, 0.05) is 5.56 Å². The standard InChI is InChI=1S/C18H17N3O2S2/c19-17(23)13-8-10-25-18(13)21-15(22)11-20-16(14-7-4-9-24-14)12-5-2-1-3-6-12/h1-10,16,20H,11H2,(H2,19,23)(H,21,22)/p+1/t16-/m1/s1. The molecule has 3 aromatic rings. The van der Waals surface area contributed by atoms with Gasteiger partial charge in [0.2, 0.25) is 0 Å². The highest BCUT2D eigenvalue weighted by molar-refractivity contribution is 7.14. The minimum Gasteiger partial charge on any atom is -0.366 e. The second kappa shape index (κ2) is 8.06. The van der Waals surface area contributed by atoms with E-state index in [0.717, 1.165) is 5.56 Å². The third kappa shape index (κ3) is 4.33. The number of carbonyl (C=O) groups is 2. The van der Waals surface area contributed by atoms with Gasteiger partial charge in [-0.1, -0.05) is 36.4 Å². The second-order valence-corrected chi connectivity index (χ2v) is 7.31. The van der Waals surface area contributed by atoms with Crippen LogP contribution in [0.1, 0.15) is 26.8 Å². The van der Waals surface area contributed by atoms with Crippen molar-refractivity contribution in [3.05, 3.63) is 75.3 Å². The molecular weight excluding hydrogens is 354 g/mol. The Morgan fingerprint density at radius 2 is 1.84 bits per heavy atom. The van der Waals surface area contributed by atoms with Gasteiger partial charge in [0.1, 0.15) is 11.0 Å². The summed E-state index contributed by atoms with van der Waals surface area (Å²) in [6.07, 6.45) is 0. The molecule has 2 heterocycles. The lowest BCUT2D eigenvalue weighted by Crippen LogP contribution is -2.87. The van der Waals surface area contributed by atoms with Gasteiger partial charge in [0.15, 0.2) is 6.54 Å². The minimum absolute atomic E-state index is 0.0610. The van der Waals surface area contributed by atoms with Crippen LogP contribution in [0.5, 0.6) is 0 Å². The lowest BCUT2D eigenvalue weighted by molar-refractivity contribution is -0.675. The first-order chi connectivity index (χ1) is 12.1. The van der Waals surface area contributed by atoms with E-state index in [2.05, 4.69) is 23.5 Å². The van der Waals surface area contributed by atoms with Gasteiger partial charge in [0.05, 0.1) is 10.4 Å². The van der Waals surface area contributed by atoms with Crippen LogP contribution in [0.2, 0.25) is 0 Å². The number of nitrogens with one attached hydrogen (secondary N) is 1. The molecule has 2 aromatic heterocycles. The molecule has 5 nitrogen and oxygen atoms in total. The molecule has 128 valence electrons. The Hall–Kier alpha value is -2.48. The number of rotatable bonds is 7. The van der Waals surface area contributed by atoms with E-state index in [1.54, 1.807) is 22.8 Å². The van der Waals surface area contributed by atoms with Crippen LogP contribution in [0, 0.1) is 0 Å². The molecule has 2 amide bonds. The maximum absolute atomic E-state index is 12.3. The first-order valence-corrected chi connectivity index (χ1v) is 9.50. The number of primary amides is 1. The van der Waals surface area contributed by atoms with E-state index in [-0.39, 0.29) is 18.5 Å². The summed E-state index contributed by atoms with van der Waals surface area (Å²) in [7, 11) is 0. The van der Waals surface area contributed by atoms with Crippen molar-refractivity contribution < 1.29 is 14.9 Å². The van der Waals surface area contributed by atoms with E-state index in [4.69, 9.17) is 5.73 Å². The summed E-state index contributed by atoms with van der Waals surface area (Å²) in [5, 5.41) is 9.03. The van der Waals surface area contributed by atoms with E-state index in [9.17, 15) is 9.59 Å². The maximum atomic E-state index is 12.3. The molecular formula is C18H18N3O2S2+. The highest BCUT2D eigenvalue weighted by Gasteiger charge is 2.20. The maximum Gasteiger partial charge on any atom is 0.280 e. The summed E-state index contributed by atoms with van der Waals surface area (Å²) in [4.78, 5) is 24.8. The largest absolute Gasteiger partial charge is 0.366 e. The molecule has 0 saturated carbocycles. The van der Waals surface area contributed by atoms with Crippen LogP contribution in [-0.4, -0.2) is 18.4 Å². The molecule has 5 N–H and O–H groups in total. The zero-order valence-electron chi connectivity index (χ0n) is 13.3. The molecule has 0 fully saturated rings. The molecule has 0 aliphatic heterocycles. The number of quaternary nitrogens is 1. The highest BCUT2D eigenvalue weighted by atomic mass is 32.1. The topological polar surface area (TPSA) is 88.8 Å². The van der Waals surface area contributed by atoms with Gasteiger partial charge < -0.3 is 16.4 Å². The van der Waals surface area contributed by atoms with Crippen LogP contribution in [-0.2, 0) is 4.79 Å². The average molecular weight is 372 g/mol. The highest BCUT2D eigenvalue weighted by Crippen LogP contribution is 2.23. The van der Waals surface area contributed by atoms with Crippen LogP contribution in [0.4, 0.5) is 5.00 Å². The van der Waals surface area contributed by atoms with Crippen molar-refractivity contribution in [3.63, 3.8) is 0 Å². The van der Waals surface area contributed by atoms with Gasteiger partial charge in [-0.15, -0.1) is 22.7 Å². The van der Waals surface area contributed by atoms with E-state index < -0.39 is 5.91 Å². The molecule has 0 radical (unpaired) electrons. The lowest BCUT2D eigenvalue weighted by atomic mass is 10.1. The molecule has 1 atom stereocenters. The third-order valence-corrected chi connectivity index (χ3v) is 5.52. The fraction of sp³-hybridized carbons (Fsp3) is 0.111. The van der Waals surface area contributed by atoms with Crippen molar-refractivity contribution in [1.29, 1.82) is 0 Å². The van der Waals surface area contributed by atoms with Gasteiger partial charge in [-0.05, 0) is 22.9 Å². The van der Waals surface area contributed by atoms with E-state index in [1.807, 2.05) is 35.0 Å². The Morgan fingerprint density at radius 3 is 2.52 bits per heavy atom. The Balaban J connectivity index is 1.68. The minimum atomic E-state index is -0.540. The number of carbonyl (C=O) groups excluding carboxylic acids is 2. The molecule has 0 aliphatic rings. The van der Waals surface area contributed by atoms with Crippen LogP contribution >= 0.6 is 22.7 Å². The molecule has 0 bridgehead atoms. The Kier molecular flexibility index (Phi) is 5.60. The van der Waals surface area contributed by atoms with Crippen molar-refractivity contribution in [2.75, 3.05) is 11.9 Å². The van der Waals surface area contributed by atoms with Gasteiger partial charge in [-0.2, -0.15) is 0 Å². The number of nitrogens with two attached hydrogens (primary N) is 2. The summed E-state index contributed by atoms with van der Waals surface area (Å²) in [5.74, 6) is -0.705. The van der Waals surface area contributed by atoms with Gasteiger partial charge in [-0.3, -0.25) is 9.59 Å². The quantitative estimate of drug-likeness (QED) is 0.594. The number of thiophene rings is 2. The first kappa shape index (κ1) is 17.3. The summed E-state index contributed by atoms with van der Waals surface area (Å²) in [6.45, 7) is 0.244. The van der Waals surface area contributed by atoms with E-state index in [0.29, 0.717) is 10.6 Å². The fourth-order valence-electron chi connectivity index (χ4n) is 2.55. The number of hydrogen-bond donors (Lipinski definition) is 3. The van der Waals surface area contributed by atoms with Crippen LogP contribution < -0.4 is 16.4 Å². The molecule has 0 aliphatic carbocycles. The lowest BCUT2D eigenvalue weighted by Gasteiger charge is -2.14. The molecule has 7 heteroatoms. The Morgan fingerprint density at radius 1 is 1.04 bits per heavy atom. The summed E-state index contributed by atoms with van der Waals surface area (Å²) < 4.78 is 0. The third-order valence-electron chi connectivity index (χ3n) is 3.73. The molecule has 3 rings (SSSR count). The smallest absolute Gasteiger partial charge is 0.280 e. The zero-order chi connectivity index (χ0) is 17.6. The van der Waals surface area contributed by atoms with Crippen LogP contribution in [0.25, 0.3) is 0 Å². The molecule has 1 aromatic carbocycles. The SMILES string of the molecule is NC(=O)c1ccsc1NC(=O)C[NH2+][C@H](c1ccccc1)c1cccs1. The summed E-state index contributed by atoms with van der Waals surface area (Å²) >= 11 is 2.96. The average Bonchev–Trinajstić information content (AvgIpc) is 3.28. The molecule has 0 spiro atoms. The number of hydrogen-bond acceptors (Lipinski definition) is 4. The normalized spacial score (nSPS) is 11.8. The Bertz CT molecular complexity index is 844. The van der Waals surface area contributed by atoms with E-state index in [1.165, 1.54) is 16.2 Å². The fourth-order valence-corrected chi connectivity index (χ4v) is 4.21. The molecule has 0 saturated heterocycles.